The maximum absolute atomic E-state index is 12.6. The van der Waals surface area contributed by atoms with Crippen molar-refractivity contribution < 1.29 is 22.7 Å². The molecule has 154 valence electrons. The Kier molecular flexibility index (Phi) is 9.35. The maximum Gasteiger partial charge on any atom is 0.223 e. The number of piperidine rings is 1. The van der Waals surface area contributed by atoms with E-state index < -0.39 is 9.84 Å². The summed E-state index contributed by atoms with van der Waals surface area (Å²) in [6, 6.07) is 4.47. The van der Waals surface area contributed by atoms with Crippen LogP contribution in [0.5, 0.6) is 11.5 Å². The summed E-state index contributed by atoms with van der Waals surface area (Å²) in [6.45, 7) is 2.26. The van der Waals surface area contributed by atoms with Gasteiger partial charge < -0.3 is 19.7 Å². The number of nitrogens with one attached hydrogen (secondary N) is 1. The van der Waals surface area contributed by atoms with E-state index in [0.29, 0.717) is 30.5 Å². The van der Waals surface area contributed by atoms with Gasteiger partial charge >= 0.3 is 0 Å². The Morgan fingerprint density at radius 3 is 2.59 bits per heavy atom. The monoisotopic (exact) mass is 420 g/mol. The van der Waals surface area contributed by atoms with Crippen LogP contribution in [-0.4, -0.2) is 65.9 Å². The SMILES string of the molecule is CNCC1CCCN(C(=O)CCS(=O)(=O)c2ccc(OC)c(OC)c2)C1.Cl. The fourth-order valence-corrected chi connectivity index (χ4v) is 4.50. The molecule has 0 radical (unpaired) electrons. The normalized spacial score (nSPS) is 17.1. The summed E-state index contributed by atoms with van der Waals surface area (Å²) in [5, 5.41) is 3.14. The van der Waals surface area contributed by atoms with Gasteiger partial charge in [0.15, 0.2) is 21.3 Å². The zero-order valence-electron chi connectivity index (χ0n) is 16.1. The molecule has 9 heteroatoms. The van der Waals surface area contributed by atoms with Gasteiger partial charge in [0.05, 0.1) is 24.9 Å². The van der Waals surface area contributed by atoms with Crippen LogP contribution >= 0.6 is 12.4 Å². The molecule has 0 aliphatic carbocycles. The molecule has 1 saturated heterocycles. The third-order valence-electron chi connectivity index (χ3n) is 4.66. The number of amides is 1. The van der Waals surface area contributed by atoms with Crippen LogP contribution in [0.25, 0.3) is 0 Å². The van der Waals surface area contributed by atoms with Crippen molar-refractivity contribution in [2.45, 2.75) is 24.2 Å². The molecule has 1 aromatic carbocycles. The van der Waals surface area contributed by atoms with Gasteiger partial charge in [-0.1, -0.05) is 0 Å². The molecule has 1 aromatic rings. The Bertz CT molecular complexity index is 724. The maximum atomic E-state index is 12.6. The average Bonchev–Trinajstić information content (AvgIpc) is 2.66. The molecule has 1 amide bonds. The lowest BCUT2D eigenvalue weighted by atomic mass is 9.98. The van der Waals surface area contributed by atoms with Crippen molar-refractivity contribution in [1.29, 1.82) is 0 Å². The van der Waals surface area contributed by atoms with Crippen LogP contribution in [0.4, 0.5) is 0 Å². The van der Waals surface area contributed by atoms with Crippen LogP contribution < -0.4 is 14.8 Å². The summed E-state index contributed by atoms with van der Waals surface area (Å²) in [4.78, 5) is 14.4. The van der Waals surface area contributed by atoms with Crippen LogP contribution in [-0.2, 0) is 14.6 Å². The smallest absolute Gasteiger partial charge is 0.223 e. The number of hydrogen-bond donors (Lipinski definition) is 1. The third kappa shape index (κ3) is 6.26. The molecule has 0 bridgehead atoms. The first-order valence-electron chi connectivity index (χ1n) is 8.78. The summed E-state index contributed by atoms with van der Waals surface area (Å²) < 4.78 is 35.4. The first-order valence-corrected chi connectivity index (χ1v) is 10.4. The van der Waals surface area contributed by atoms with Gasteiger partial charge in [-0.15, -0.1) is 12.4 Å². The molecule has 1 unspecified atom stereocenters. The number of ether oxygens (including phenoxy) is 2. The largest absolute Gasteiger partial charge is 0.493 e. The minimum absolute atomic E-state index is 0. The Balaban J connectivity index is 0.00000364. The highest BCUT2D eigenvalue weighted by Crippen LogP contribution is 2.30. The number of methoxy groups -OCH3 is 2. The zero-order chi connectivity index (χ0) is 19.2. The highest BCUT2D eigenvalue weighted by Gasteiger charge is 2.25. The van der Waals surface area contributed by atoms with Gasteiger partial charge in [0.25, 0.3) is 0 Å². The van der Waals surface area contributed by atoms with Crippen LogP contribution in [0.1, 0.15) is 19.3 Å². The van der Waals surface area contributed by atoms with Gasteiger partial charge in [-0.25, -0.2) is 8.42 Å². The predicted molar refractivity (Wildman–Crippen MR) is 107 cm³/mol. The van der Waals surface area contributed by atoms with E-state index >= 15 is 0 Å². The number of carbonyl (C=O) groups is 1. The second-order valence-electron chi connectivity index (χ2n) is 6.49. The number of carbonyl (C=O) groups excluding carboxylic acids is 1. The van der Waals surface area contributed by atoms with Gasteiger partial charge in [0, 0.05) is 25.6 Å². The van der Waals surface area contributed by atoms with E-state index in [4.69, 9.17) is 9.47 Å². The molecule has 0 aromatic heterocycles. The molecular formula is C18H29ClN2O5S. The molecule has 0 saturated carbocycles. The van der Waals surface area contributed by atoms with Crippen molar-refractivity contribution in [2.24, 2.45) is 5.92 Å². The van der Waals surface area contributed by atoms with Crippen molar-refractivity contribution in [3.8, 4) is 11.5 Å². The van der Waals surface area contributed by atoms with E-state index in [-0.39, 0.29) is 35.4 Å². The number of likely N-dealkylation sites (tertiary alicyclic amines) is 1. The van der Waals surface area contributed by atoms with Crippen molar-refractivity contribution in [3.05, 3.63) is 18.2 Å². The molecule has 0 spiro atoms. The number of sulfone groups is 1. The molecule has 1 atom stereocenters. The Morgan fingerprint density at radius 2 is 1.96 bits per heavy atom. The summed E-state index contributed by atoms with van der Waals surface area (Å²) in [5.41, 5.74) is 0. The molecule has 27 heavy (non-hydrogen) atoms. The van der Waals surface area contributed by atoms with Gasteiger partial charge in [0.1, 0.15) is 0 Å². The molecule has 1 heterocycles. The van der Waals surface area contributed by atoms with E-state index in [1.807, 2.05) is 7.05 Å². The number of hydrogen-bond acceptors (Lipinski definition) is 6. The van der Waals surface area contributed by atoms with Crippen molar-refractivity contribution in [1.82, 2.24) is 10.2 Å². The van der Waals surface area contributed by atoms with Crippen LogP contribution in [0.15, 0.2) is 23.1 Å². The summed E-state index contributed by atoms with van der Waals surface area (Å²) >= 11 is 0. The van der Waals surface area contributed by atoms with Crippen molar-refractivity contribution >= 4 is 28.2 Å². The first-order chi connectivity index (χ1) is 12.4. The second kappa shape index (κ2) is 10.7. The van der Waals surface area contributed by atoms with E-state index in [2.05, 4.69) is 5.32 Å². The van der Waals surface area contributed by atoms with Crippen LogP contribution in [0, 0.1) is 5.92 Å². The Hall–Kier alpha value is -1.51. The summed E-state index contributed by atoms with van der Waals surface area (Å²) in [6.07, 6.45) is 2.04. The summed E-state index contributed by atoms with van der Waals surface area (Å²) in [5.74, 6) is 0.932. The van der Waals surface area contributed by atoms with E-state index in [0.717, 1.165) is 19.4 Å². The first kappa shape index (κ1) is 23.5. The van der Waals surface area contributed by atoms with Crippen molar-refractivity contribution in [2.75, 3.05) is 46.7 Å². The van der Waals surface area contributed by atoms with E-state index in [1.165, 1.54) is 26.4 Å². The standard InChI is InChI=1S/C18H28N2O5S.ClH/c1-19-12-14-5-4-9-20(13-14)18(21)8-10-26(22,23)15-6-7-16(24-2)17(11-15)25-3;/h6-7,11,14,19H,4-5,8-10,12-13H2,1-3H3;1H. The average molecular weight is 421 g/mol. The van der Waals surface area contributed by atoms with E-state index in [9.17, 15) is 13.2 Å². The van der Waals surface area contributed by atoms with Gasteiger partial charge in [-0.05, 0) is 44.5 Å². The molecule has 1 fully saturated rings. The van der Waals surface area contributed by atoms with Crippen molar-refractivity contribution in [3.63, 3.8) is 0 Å². The lowest BCUT2D eigenvalue weighted by Gasteiger charge is -2.32. The summed E-state index contributed by atoms with van der Waals surface area (Å²) in [7, 11) is 1.27. The molecule has 1 aliphatic heterocycles. The highest BCUT2D eigenvalue weighted by molar-refractivity contribution is 7.91. The number of nitrogens with zero attached hydrogens (tertiary/aromatic N) is 1. The molecule has 1 aliphatic rings. The molecule has 1 N–H and O–H groups in total. The zero-order valence-corrected chi connectivity index (χ0v) is 17.7. The lowest BCUT2D eigenvalue weighted by Crippen LogP contribution is -2.42. The Morgan fingerprint density at radius 1 is 1.26 bits per heavy atom. The fraction of sp³-hybridized carbons (Fsp3) is 0.611. The third-order valence-corrected chi connectivity index (χ3v) is 6.38. The Labute approximate surface area is 167 Å². The lowest BCUT2D eigenvalue weighted by molar-refractivity contribution is -0.132. The van der Waals surface area contributed by atoms with Crippen LogP contribution in [0.3, 0.4) is 0 Å². The minimum Gasteiger partial charge on any atom is -0.493 e. The number of halogens is 1. The minimum atomic E-state index is -3.57. The fourth-order valence-electron chi connectivity index (χ4n) is 3.25. The van der Waals surface area contributed by atoms with Gasteiger partial charge in [-0.3, -0.25) is 4.79 Å². The van der Waals surface area contributed by atoms with Gasteiger partial charge in [0.2, 0.25) is 5.91 Å². The number of rotatable bonds is 8. The second-order valence-corrected chi connectivity index (χ2v) is 8.60. The molecule has 7 nitrogen and oxygen atoms in total. The quantitative estimate of drug-likeness (QED) is 0.689. The number of benzene rings is 1. The van der Waals surface area contributed by atoms with Gasteiger partial charge in [-0.2, -0.15) is 0 Å². The topological polar surface area (TPSA) is 84.9 Å². The predicted octanol–water partition coefficient (Wildman–Crippen LogP) is 1.75. The highest BCUT2D eigenvalue weighted by atomic mass is 35.5. The van der Waals surface area contributed by atoms with E-state index in [1.54, 1.807) is 11.0 Å². The molecule has 2 rings (SSSR count). The van der Waals surface area contributed by atoms with Crippen LogP contribution in [0.2, 0.25) is 0 Å². The molecular weight excluding hydrogens is 392 g/mol.